The molecule has 0 spiro atoms. The first-order valence-electron chi connectivity index (χ1n) is 5.95. The molecule has 1 aliphatic rings. The Balaban J connectivity index is 2.16. The molecule has 18 heavy (non-hydrogen) atoms. The minimum atomic E-state index is -0.799. The van der Waals surface area contributed by atoms with E-state index in [4.69, 9.17) is 5.26 Å². The minimum absolute atomic E-state index is 0.0226. The van der Waals surface area contributed by atoms with Gasteiger partial charge in [-0.3, -0.25) is 0 Å². The lowest BCUT2D eigenvalue weighted by Crippen LogP contribution is -2.40. The van der Waals surface area contributed by atoms with Crippen molar-refractivity contribution in [1.82, 2.24) is 5.32 Å². The molecule has 0 unspecified atom stereocenters. The van der Waals surface area contributed by atoms with Gasteiger partial charge in [-0.05, 0) is 43.6 Å². The highest BCUT2D eigenvalue weighted by molar-refractivity contribution is 5.53. The van der Waals surface area contributed by atoms with Gasteiger partial charge in [-0.1, -0.05) is 18.2 Å². The molecule has 2 N–H and O–H groups in total. The van der Waals surface area contributed by atoms with Crippen molar-refractivity contribution >= 4 is 6.08 Å². The number of benzene rings is 1. The highest BCUT2D eigenvalue weighted by Crippen LogP contribution is 2.21. The molecule has 0 amide bonds. The van der Waals surface area contributed by atoms with E-state index in [0.29, 0.717) is 12.8 Å². The molecule has 1 fully saturated rings. The molecule has 94 valence electrons. The molecule has 0 aromatic heterocycles. The number of hydrogen-bond acceptors (Lipinski definition) is 3. The highest BCUT2D eigenvalue weighted by Gasteiger charge is 2.25. The van der Waals surface area contributed by atoms with Gasteiger partial charge in [0.05, 0.1) is 11.2 Å². The van der Waals surface area contributed by atoms with Gasteiger partial charge in [-0.25, -0.2) is 4.39 Å². The zero-order valence-electron chi connectivity index (χ0n) is 9.99. The highest BCUT2D eigenvalue weighted by atomic mass is 19.1. The minimum Gasteiger partial charge on any atom is -0.386 e. The third kappa shape index (κ3) is 2.95. The van der Waals surface area contributed by atoms with E-state index in [1.54, 1.807) is 24.3 Å². The Morgan fingerprint density at radius 2 is 2.11 bits per heavy atom. The second-order valence-corrected chi connectivity index (χ2v) is 4.54. The molecule has 0 bridgehead atoms. The van der Waals surface area contributed by atoms with Crippen LogP contribution >= 0.6 is 0 Å². The van der Waals surface area contributed by atoms with Crippen LogP contribution in [0.4, 0.5) is 4.39 Å². The lowest BCUT2D eigenvalue weighted by molar-refractivity contribution is 0.0590. The standard InChI is InChI=1S/C14H15FN2O/c15-13-2-1-11(9-12(13)10-16)3-4-14(18)5-7-17-8-6-14/h1-4,9,17-18H,5-8H2/b4-3+. The molecule has 4 heteroatoms. The summed E-state index contributed by atoms with van der Waals surface area (Å²) in [6, 6.07) is 6.15. The van der Waals surface area contributed by atoms with Crippen LogP contribution < -0.4 is 5.32 Å². The zero-order chi connectivity index (χ0) is 13.0. The second kappa shape index (κ2) is 5.30. The van der Waals surface area contributed by atoms with Crippen molar-refractivity contribution in [1.29, 1.82) is 5.26 Å². The van der Waals surface area contributed by atoms with E-state index >= 15 is 0 Å². The summed E-state index contributed by atoms with van der Waals surface area (Å²) in [6.07, 6.45) is 4.80. The van der Waals surface area contributed by atoms with Gasteiger partial charge in [0.15, 0.2) is 0 Å². The van der Waals surface area contributed by atoms with Crippen molar-refractivity contribution in [2.24, 2.45) is 0 Å². The average molecular weight is 246 g/mol. The number of piperidine rings is 1. The maximum atomic E-state index is 13.1. The van der Waals surface area contributed by atoms with E-state index in [-0.39, 0.29) is 5.56 Å². The Morgan fingerprint density at radius 3 is 2.78 bits per heavy atom. The van der Waals surface area contributed by atoms with E-state index in [9.17, 15) is 9.50 Å². The van der Waals surface area contributed by atoms with E-state index in [0.717, 1.165) is 18.7 Å². The third-order valence-electron chi connectivity index (χ3n) is 3.17. The van der Waals surface area contributed by atoms with Crippen LogP contribution in [-0.2, 0) is 0 Å². The summed E-state index contributed by atoms with van der Waals surface area (Å²) in [4.78, 5) is 0. The Hall–Kier alpha value is -1.70. The molecular weight excluding hydrogens is 231 g/mol. The molecule has 2 rings (SSSR count). The van der Waals surface area contributed by atoms with Crippen LogP contribution in [-0.4, -0.2) is 23.8 Å². The fraction of sp³-hybridized carbons (Fsp3) is 0.357. The van der Waals surface area contributed by atoms with Crippen molar-refractivity contribution in [2.75, 3.05) is 13.1 Å². The molecular formula is C14H15FN2O. The van der Waals surface area contributed by atoms with Gasteiger partial charge in [0.1, 0.15) is 11.9 Å². The Bertz CT molecular complexity index is 499. The van der Waals surface area contributed by atoms with Crippen LogP contribution in [0.25, 0.3) is 6.08 Å². The van der Waals surface area contributed by atoms with Crippen molar-refractivity contribution in [3.63, 3.8) is 0 Å². The molecule has 0 atom stereocenters. The Morgan fingerprint density at radius 1 is 1.39 bits per heavy atom. The summed E-state index contributed by atoms with van der Waals surface area (Å²) in [5.74, 6) is -0.518. The van der Waals surface area contributed by atoms with Gasteiger partial charge in [-0.15, -0.1) is 0 Å². The van der Waals surface area contributed by atoms with Crippen molar-refractivity contribution in [2.45, 2.75) is 18.4 Å². The third-order valence-corrected chi connectivity index (χ3v) is 3.17. The first-order valence-corrected chi connectivity index (χ1v) is 5.95. The molecule has 0 saturated carbocycles. The van der Waals surface area contributed by atoms with E-state index in [1.165, 1.54) is 12.1 Å². The molecule has 1 aromatic carbocycles. The lowest BCUT2D eigenvalue weighted by atomic mass is 9.91. The van der Waals surface area contributed by atoms with Crippen LogP contribution in [0.1, 0.15) is 24.0 Å². The van der Waals surface area contributed by atoms with Gasteiger partial charge >= 0.3 is 0 Å². The van der Waals surface area contributed by atoms with Crippen LogP contribution in [0.3, 0.4) is 0 Å². The summed E-state index contributed by atoms with van der Waals surface area (Å²) >= 11 is 0. The monoisotopic (exact) mass is 246 g/mol. The molecule has 0 radical (unpaired) electrons. The molecule has 1 heterocycles. The quantitative estimate of drug-likeness (QED) is 0.837. The fourth-order valence-corrected chi connectivity index (χ4v) is 2.01. The maximum absolute atomic E-state index is 13.1. The maximum Gasteiger partial charge on any atom is 0.140 e. The SMILES string of the molecule is N#Cc1cc(/C=C/C2(O)CCNCC2)ccc1F. The topological polar surface area (TPSA) is 56.0 Å². The summed E-state index contributed by atoms with van der Waals surface area (Å²) in [6.45, 7) is 1.57. The van der Waals surface area contributed by atoms with Crippen LogP contribution in [0.5, 0.6) is 0 Å². The average Bonchev–Trinajstić information content (AvgIpc) is 2.39. The summed E-state index contributed by atoms with van der Waals surface area (Å²) < 4.78 is 13.1. The van der Waals surface area contributed by atoms with Gasteiger partial charge in [0, 0.05) is 0 Å². The number of halogens is 1. The summed E-state index contributed by atoms with van der Waals surface area (Å²) in [5.41, 5.74) is -0.0544. The number of aliphatic hydroxyl groups is 1. The second-order valence-electron chi connectivity index (χ2n) is 4.54. The van der Waals surface area contributed by atoms with Crippen molar-refractivity contribution in [3.8, 4) is 6.07 Å². The Kier molecular flexibility index (Phi) is 3.75. The smallest absolute Gasteiger partial charge is 0.140 e. The molecule has 1 aromatic rings. The molecule has 1 aliphatic heterocycles. The molecule has 0 aliphatic carbocycles. The number of rotatable bonds is 2. The predicted molar refractivity (Wildman–Crippen MR) is 67.2 cm³/mol. The molecule has 3 nitrogen and oxygen atoms in total. The normalized spacial score (nSPS) is 18.7. The largest absolute Gasteiger partial charge is 0.386 e. The number of nitriles is 1. The molecule has 1 saturated heterocycles. The first kappa shape index (κ1) is 12.7. The van der Waals surface area contributed by atoms with Crippen LogP contribution in [0.15, 0.2) is 24.3 Å². The number of nitrogens with zero attached hydrogens (tertiary/aromatic N) is 1. The van der Waals surface area contributed by atoms with Crippen LogP contribution in [0.2, 0.25) is 0 Å². The van der Waals surface area contributed by atoms with Crippen molar-refractivity contribution < 1.29 is 9.50 Å². The van der Waals surface area contributed by atoms with Gasteiger partial charge in [0.2, 0.25) is 0 Å². The van der Waals surface area contributed by atoms with Crippen LogP contribution in [0, 0.1) is 17.1 Å². The van der Waals surface area contributed by atoms with E-state index in [2.05, 4.69) is 5.32 Å². The van der Waals surface area contributed by atoms with Crippen molar-refractivity contribution in [3.05, 3.63) is 41.2 Å². The lowest BCUT2D eigenvalue weighted by Gasteiger charge is -2.29. The number of hydrogen-bond donors (Lipinski definition) is 2. The van der Waals surface area contributed by atoms with E-state index < -0.39 is 11.4 Å². The zero-order valence-corrected chi connectivity index (χ0v) is 9.99. The predicted octanol–water partition coefficient (Wildman–Crippen LogP) is 1.83. The number of nitrogens with one attached hydrogen (secondary N) is 1. The summed E-state index contributed by atoms with van der Waals surface area (Å²) in [5, 5.41) is 22.2. The van der Waals surface area contributed by atoms with Gasteiger partial charge < -0.3 is 10.4 Å². The summed E-state index contributed by atoms with van der Waals surface area (Å²) in [7, 11) is 0. The fourth-order valence-electron chi connectivity index (χ4n) is 2.01. The van der Waals surface area contributed by atoms with Gasteiger partial charge in [-0.2, -0.15) is 5.26 Å². The first-order chi connectivity index (χ1) is 8.63. The van der Waals surface area contributed by atoms with E-state index in [1.807, 2.05) is 0 Å². The Labute approximate surface area is 106 Å². The van der Waals surface area contributed by atoms with Gasteiger partial charge in [0.25, 0.3) is 0 Å².